The minimum atomic E-state index is -0.593. The van der Waals surface area contributed by atoms with Gasteiger partial charge in [-0.1, -0.05) is 41.9 Å². The Morgan fingerprint density at radius 1 is 1.04 bits per heavy atom. The Kier molecular flexibility index (Phi) is 6.82. The average molecular weight is 345 g/mol. The Hall–Kier alpha value is -2.33. The molecule has 0 aliphatic rings. The van der Waals surface area contributed by atoms with Crippen LogP contribution in [0.4, 0.5) is 0 Å². The fraction of sp³-hybridized carbons (Fsp3) is 0.263. The summed E-state index contributed by atoms with van der Waals surface area (Å²) < 4.78 is 0. The summed E-state index contributed by atoms with van der Waals surface area (Å²) in [6.07, 6.45) is 1.76. The van der Waals surface area contributed by atoms with Crippen LogP contribution in [0.1, 0.15) is 29.3 Å². The third-order valence-electron chi connectivity index (χ3n) is 3.63. The zero-order valence-electron chi connectivity index (χ0n) is 13.6. The summed E-state index contributed by atoms with van der Waals surface area (Å²) in [5, 5.41) is 6.09. The van der Waals surface area contributed by atoms with Gasteiger partial charge in [-0.2, -0.15) is 0 Å². The Morgan fingerprint density at radius 3 is 2.38 bits per heavy atom. The minimum Gasteiger partial charge on any atom is -0.354 e. The van der Waals surface area contributed by atoms with Crippen LogP contribution in [0.15, 0.2) is 54.6 Å². The maximum Gasteiger partial charge on any atom is 0.251 e. The Morgan fingerprint density at radius 2 is 1.71 bits per heavy atom. The van der Waals surface area contributed by atoms with E-state index in [1.54, 1.807) is 31.2 Å². The van der Waals surface area contributed by atoms with Crippen LogP contribution in [-0.2, 0) is 11.2 Å². The summed E-state index contributed by atoms with van der Waals surface area (Å²) in [6.45, 7) is 2.25. The predicted molar refractivity (Wildman–Crippen MR) is 96.2 cm³/mol. The monoisotopic (exact) mass is 344 g/mol. The highest BCUT2D eigenvalue weighted by Gasteiger charge is 2.16. The molecule has 0 heterocycles. The maximum atomic E-state index is 12.1. The van der Waals surface area contributed by atoms with Crippen LogP contribution in [0, 0.1) is 0 Å². The zero-order valence-corrected chi connectivity index (χ0v) is 14.3. The van der Waals surface area contributed by atoms with E-state index in [1.165, 1.54) is 5.56 Å². The summed E-state index contributed by atoms with van der Waals surface area (Å²) in [5.74, 6) is -0.482. The molecule has 126 valence electrons. The van der Waals surface area contributed by atoms with Crippen LogP contribution in [0.2, 0.25) is 5.02 Å². The van der Waals surface area contributed by atoms with Crippen molar-refractivity contribution in [3.63, 3.8) is 0 Å². The van der Waals surface area contributed by atoms with E-state index in [4.69, 9.17) is 11.6 Å². The van der Waals surface area contributed by atoms with Crippen molar-refractivity contribution in [2.24, 2.45) is 0 Å². The summed E-state index contributed by atoms with van der Waals surface area (Å²) in [6, 6.07) is 16.1. The zero-order chi connectivity index (χ0) is 17.4. The van der Waals surface area contributed by atoms with E-state index in [9.17, 15) is 9.59 Å². The number of carbonyl (C=O) groups is 2. The number of rotatable bonds is 7. The third-order valence-corrected chi connectivity index (χ3v) is 3.88. The van der Waals surface area contributed by atoms with E-state index in [-0.39, 0.29) is 11.8 Å². The van der Waals surface area contributed by atoms with Crippen molar-refractivity contribution in [1.82, 2.24) is 10.6 Å². The topological polar surface area (TPSA) is 58.2 Å². The second-order valence-corrected chi connectivity index (χ2v) is 6.02. The number of hydrogen-bond acceptors (Lipinski definition) is 2. The van der Waals surface area contributed by atoms with Gasteiger partial charge in [0.2, 0.25) is 5.91 Å². The van der Waals surface area contributed by atoms with Crippen molar-refractivity contribution in [1.29, 1.82) is 0 Å². The van der Waals surface area contributed by atoms with E-state index in [0.29, 0.717) is 17.1 Å². The lowest BCUT2D eigenvalue weighted by molar-refractivity contribution is -0.122. The molecular weight excluding hydrogens is 324 g/mol. The molecule has 2 aromatic rings. The number of aryl methyl sites for hydroxylation is 1. The maximum absolute atomic E-state index is 12.1. The van der Waals surface area contributed by atoms with Gasteiger partial charge < -0.3 is 10.6 Å². The number of benzene rings is 2. The van der Waals surface area contributed by atoms with Gasteiger partial charge in [0.15, 0.2) is 0 Å². The van der Waals surface area contributed by atoms with E-state index in [1.807, 2.05) is 18.2 Å². The van der Waals surface area contributed by atoms with Crippen molar-refractivity contribution >= 4 is 23.4 Å². The number of hydrogen-bond donors (Lipinski definition) is 2. The van der Waals surface area contributed by atoms with Gasteiger partial charge in [-0.3, -0.25) is 9.59 Å². The van der Waals surface area contributed by atoms with Gasteiger partial charge >= 0.3 is 0 Å². The van der Waals surface area contributed by atoms with Crippen molar-refractivity contribution in [2.75, 3.05) is 6.54 Å². The lowest BCUT2D eigenvalue weighted by Gasteiger charge is -2.14. The molecule has 0 saturated carbocycles. The average Bonchev–Trinajstić information content (AvgIpc) is 2.60. The predicted octanol–water partition coefficient (Wildman–Crippen LogP) is 3.21. The molecule has 1 atom stereocenters. The van der Waals surface area contributed by atoms with Crippen molar-refractivity contribution < 1.29 is 9.59 Å². The van der Waals surface area contributed by atoms with E-state index in [2.05, 4.69) is 22.8 Å². The fourth-order valence-corrected chi connectivity index (χ4v) is 2.37. The summed E-state index contributed by atoms with van der Waals surface area (Å²) in [4.78, 5) is 24.1. The van der Waals surface area contributed by atoms with Crippen molar-refractivity contribution in [2.45, 2.75) is 25.8 Å². The highest BCUT2D eigenvalue weighted by atomic mass is 35.5. The molecule has 24 heavy (non-hydrogen) atoms. The molecule has 2 N–H and O–H groups in total. The standard InChI is InChI=1S/C19H21ClN2O2/c1-14(22-19(24)16-9-11-17(20)12-10-16)18(23)21-13-5-8-15-6-3-2-4-7-15/h2-4,6-7,9-12,14H,5,8,13H2,1H3,(H,21,23)(H,22,24). The van der Waals surface area contributed by atoms with Gasteiger partial charge in [-0.15, -0.1) is 0 Å². The lowest BCUT2D eigenvalue weighted by atomic mass is 10.1. The molecule has 0 bridgehead atoms. The molecule has 0 aliphatic carbocycles. The number of halogens is 1. The molecule has 0 saturated heterocycles. The first-order valence-electron chi connectivity index (χ1n) is 7.94. The molecule has 2 aromatic carbocycles. The Balaban J connectivity index is 1.71. The van der Waals surface area contributed by atoms with Gasteiger partial charge in [0.1, 0.15) is 6.04 Å². The number of amides is 2. The number of nitrogens with one attached hydrogen (secondary N) is 2. The summed E-state index contributed by atoms with van der Waals surface area (Å²) in [5.41, 5.74) is 1.72. The van der Waals surface area contributed by atoms with Crippen LogP contribution in [0.3, 0.4) is 0 Å². The molecule has 2 rings (SSSR count). The van der Waals surface area contributed by atoms with E-state index >= 15 is 0 Å². The first kappa shape index (κ1) is 18.0. The second-order valence-electron chi connectivity index (χ2n) is 5.58. The van der Waals surface area contributed by atoms with Crippen LogP contribution in [0.5, 0.6) is 0 Å². The first-order chi connectivity index (χ1) is 11.6. The molecule has 4 nitrogen and oxygen atoms in total. The van der Waals surface area contributed by atoms with E-state index in [0.717, 1.165) is 12.8 Å². The van der Waals surface area contributed by atoms with Gasteiger partial charge in [-0.05, 0) is 49.6 Å². The quantitative estimate of drug-likeness (QED) is 0.758. The molecule has 5 heteroatoms. The van der Waals surface area contributed by atoms with Crippen molar-refractivity contribution in [3.8, 4) is 0 Å². The third kappa shape index (κ3) is 5.70. The molecular formula is C19H21ClN2O2. The largest absolute Gasteiger partial charge is 0.354 e. The van der Waals surface area contributed by atoms with Crippen LogP contribution < -0.4 is 10.6 Å². The number of carbonyl (C=O) groups excluding carboxylic acids is 2. The SMILES string of the molecule is CC(NC(=O)c1ccc(Cl)cc1)C(=O)NCCCc1ccccc1. The van der Waals surface area contributed by atoms with Gasteiger partial charge in [0, 0.05) is 17.1 Å². The highest BCUT2D eigenvalue weighted by molar-refractivity contribution is 6.30. The molecule has 0 spiro atoms. The molecule has 0 aliphatic heterocycles. The smallest absolute Gasteiger partial charge is 0.251 e. The molecule has 0 aromatic heterocycles. The Labute approximate surface area is 147 Å². The van der Waals surface area contributed by atoms with Gasteiger partial charge in [0.25, 0.3) is 5.91 Å². The van der Waals surface area contributed by atoms with Crippen molar-refractivity contribution in [3.05, 3.63) is 70.7 Å². The lowest BCUT2D eigenvalue weighted by Crippen LogP contribution is -2.45. The summed E-state index contributed by atoms with van der Waals surface area (Å²) in [7, 11) is 0. The molecule has 0 fully saturated rings. The molecule has 0 radical (unpaired) electrons. The fourth-order valence-electron chi connectivity index (χ4n) is 2.25. The van der Waals surface area contributed by atoms with Crippen LogP contribution in [0.25, 0.3) is 0 Å². The molecule has 1 unspecified atom stereocenters. The van der Waals surface area contributed by atoms with Crippen LogP contribution >= 0.6 is 11.6 Å². The Bertz CT molecular complexity index is 672. The normalized spacial score (nSPS) is 11.6. The first-order valence-corrected chi connectivity index (χ1v) is 8.32. The summed E-state index contributed by atoms with van der Waals surface area (Å²) >= 11 is 5.79. The second kappa shape index (κ2) is 9.08. The molecule has 2 amide bonds. The minimum absolute atomic E-state index is 0.189. The highest BCUT2D eigenvalue weighted by Crippen LogP contribution is 2.09. The van der Waals surface area contributed by atoms with Gasteiger partial charge in [0.05, 0.1) is 0 Å². The van der Waals surface area contributed by atoms with E-state index < -0.39 is 6.04 Å². The van der Waals surface area contributed by atoms with Gasteiger partial charge in [-0.25, -0.2) is 0 Å². The van der Waals surface area contributed by atoms with Crippen LogP contribution in [-0.4, -0.2) is 24.4 Å².